The van der Waals surface area contributed by atoms with Crippen LogP contribution in [0.4, 0.5) is 0 Å². The van der Waals surface area contributed by atoms with Crippen LogP contribution >= 0.6 is 0 Å². The van der Waals surface area contributed by atoms with E-state index < -0.39 is 17.1 Å². The van der Waals surface area contributed by atoms with Gasteiger partial charge in [0.15, 0.2) is 0 Å². The third-order valence-corrected chi connectivity index (χ3v) is 12.8. The highest BCUT2D eigenvalue weighted by Crippen LogP contribution is 2.25. The van der Waals surface area contributed by atoms with E-state index in [1.807, 2.05) is 28.4 Å². The standard InChI is InChI=1S/C18H42O4Si2/c1-7-15-23(19-3,20-4)17-13-11-9-10-12-14-18-24(21-5,22-6)16-8-2/h7-18H2,1-6H3. The minimum absolute atomic E-state index is 1.11. The van der Waals surface area contributed by atoms with Crippen LogP contribution in [0, 0.1) is 0 Å². The molecule has 0 fully saturated rings. The summed E-state index contributed by atoms with van der Waals surface area (Å²) >= 11 is 0. The number of rotatable bonds is 17. The zero-order valence-electron chi connectivity index (χ0n) is 17.1. The van der Waals surface area contributed by atoms with Crippen molar-refractivity contribution in [3.8, 4) is 0 Å². The van der Waals surface area contributed by atoms with Gasteiger partial charge in [0.2, 0.25) is 0 Å². The van der Waals surface area contributed by atoms with E-state index in [9.17, 15) is 0 Å². The third-order valence-electron chi connectivity index (χ3n) is 5.12. The van der Waals surface area contributed by atoms with E-state index in [1.54, 1.807) is 0 Å². The molecule has 146 valence electrons. The molecule has 0 spiro atoms. The second-order valence-electron chi connectivity index (χ2n) is 6.76. The second-order valence-corrected chi connectivity index (χ2v) is 14.0. The quantitative estimate of drug-likeness (QED) is 0.243. The molecule has 0 saturated heterocycles. The lowest BCUT2D eigenvalue weighted by Crippen LogP contribution is -2.39. The van der Waals surface area contributed by atoms with Gasteiger partial charge in [-0.1, -0.05) is 65.2 Å². The highest BCUT2D eigenvalue weighted by Gasteiger charge is 2.34. The first kappa shape index (κ1) is 24.3. The van der Waals surface area contributed by atoms with Gasteiger partial charge in [0.25, 0.3) is 0 Å². The Kier molecular flexibility index (Phi) is 14.6. The smallest absolute Gasteiger partial charge is 0.337 e. The molecule has 0 saturated carbocycles. The number of hydrogen-bond acceptors (Lipinski definition) is 4. The van der Waals surface area contributed by atoms with Gasteiger partial charge in [-0.2, -0.15) is 0 Å². The molecule has 0 unspecified atom stereocenters. The highest BCUT2D eigenvalue weighted by molar-refractivity contribution is 6.67. The van der Waals surface area contributed by atoms with Gasteiger partial charge in [0.05, 0.1) is 0 Å². The zero-order chi connectivity index (χ0) is 18.3. The van der Waals surface area contributed by atoms with E-state index in [1.165, 1.54) is 38.5 Å². The topological polar surface area (TPSA) is 36.9 Å². The van der Waals surface area contributed by atoms with Crippen molar-refractivity contribution < 1.29 is 17.7 Å². The summed E-state index contributed by atoms with van der Waals surface area (Å²) in [5.74, 6) is 0. The van der Waals surface area contributed by atoms with Crippen molar-refractivity contribution in [1.29, 1.82) is 0 Å². The molecule has 0 aromatic carbocycles. The minimum Gasteiger partial charge on any atom is -0.398 e. The van der Waals surface area contributed by atoms with Gasteiger partial charge in [-0.3, -0.25) is 0 Å². The Balaban J connectivity index is 3.83. The lowest BCUT2D eigenvalue weighted by molar-refractivity contribution is 0.238. The summed E-state index contributed by atoms with van der Waals surface area (Å²) in [4.78, 5) is 0. The van der Waals surface area contributed by atoms with Crippen molar-refractivity contribution in [2.75, 3.05) is 28.4 Å². The first-order chi connectivity index (χ1) is 11.6. The summed E-state index contributed by atoms with van der Waals surface area (Å²) in [6.07, 6.45) is 9.97. The summed E-state index contributed by atoms with van der Waals surface area (Å²) in [6.45, 7) is 4.42. The Bertz CT molecular complexity index is 254. The average molecular weight is 379 g/mol. The molecule has 0 N–H and O–H groups in total. The first-order valence-corrected chi connectivity index (χ1v) is 14.2. The lowest BCUT2D eigenvalue weighted by atomic mass is 10.1. The molecule has 0 rings (SSSR count). The predicted octanol–water partition coefficient (Wildman–Crippen LogP) is 5.62. The van der Waals surface area contributed by atoms with Gasteiger partial charge in [0, 0.05) is 28.4 Å². The highest BCUT2D eigenvalue weighted by atomic mass is 28.4. The maximum Gasteiger partial charge on any atom is 0.337 e. The molecule has 0 heterocycles. The van der Waals surface area contributed by atoms with Gasteiger partial charge in [-0.15, -0.1) is 0 Å². The van der Waals surface area contributed by atoms with E-state index >= 15 is 0 Å². The van der Waals surface area contributed by atoms with Gasteiger partial charge in [-0.25, -0.2) is 0 Å². The van der Waals surface area contributed by atoms with Crippen molar-refractivity contribution >= 4 is 17.1 Å². The van der Waals surface area contributed by atoms with Crippen molar-refractivity contribution in [2.45, 2.75) is 89.4 Å². The minimum atomic E-state index is -1.89. The SMILES string of the molecule is CCC[Si](CCCCCCCC[Si](CCC)(OC)OC)(OC)OC. The number of hydrogen-bond donors (Lipinski definition) is 0. The monoisotopic (exact) mass is 378 g/mol. The van der Waals surface area contributed by atoms with Gasteiger partial charge in [-0.05, 0) is 24.2 Å². The van der Waals surface area contributed by atoms with Crippen LogP contribution < -0.4 is 0 Å². The fraction of sp³-hybridized carbons (Fsp3) is 1.00. The van der Waals surface area contributed by atoms with E-state index in [2.05, 4.69) is 13.8 Å². The summed E-state index contributed by atoms with van der Waals surface area (Å²) < 4.78 is 23.0. The van der Waals surface area contributed by atoms with E-state index in [-0.39, 0.29) is 0 Å². The summed E-state index contributed by atoms with van der Waals surface area (Å²) in [6, 6.07) is 4.48. The molecular formula is C18H42O4Si2. The molecule has 0 atom stereocenters. The second kappa shape index (κ2) is 14.4. The van der Waals surface area contributed by atoms with Crippen molar-refractivity contribution in [2.24, 2.45) is 0 Å². The molecular weight excluding hydrogens is 336 g/mol. The van der Waals surface area contributed by atoms with Crippen molar-refractivity contribution in [3.63, 3.8) is 0 Å². The zero-order valence-corrected chi connectivity index (χ0v) is 19.1. The lowest BCUT2D eigenvalue weighted by Gasteiger charge is -2.27. The summed E-state index contributed by atoms with van der Waals surface area (Å²) in [7, 11) is 3.51. The Morgan fingerprint density at radius 2 is 0.750 bits per heavy atom. The van der Waals surface area contributed by atoms with Crippen molar-refractivity contribution in [1.82, 2.24) is 0 Å². The van der Waals surface area contributed by atoms with Crippen LogP contribution in [0.25, 0.3) is 0 Å². The van der Waals surface area contributed by atoms with Crippen LogP contribution in [0.3, 0.4) is 0 Å². The fourth-order valence-electron chi connectivity index (χ4n) is 3.49. The average Bonchev–Trinajstić information content (AvgIpc) is 2.62. The first-order valence-electron chi connectivity index (χ1n) is 9.78. The van der Waals surface area contributed by atoms with Gasteiger partial charge < -0.3 is 17.7 Å². The molecule has 0 bridgehead atoms. The molecule has 0 aliphatic heterocycles. The van der Waals surface area contributed by atoms with Crippen molar-refractivity contribution in [3.05, 3.63) is 0 Å². The Labute approximate surface area is 153 Å². The molecule has 6 heteroatoms. The molecule has 0 amide bonds. The fourth-order valence-corrected chi connectivity index (χ4v) is 9.06. The molecule has 4 nitrogen and oxygen atoms in total. The molecule has 0 radical (unpaired) electrons. The normalized spacial score (nSPS) is 12.8. The van der Waals surface area contributed by atoms with Crippen LogP contribution in [0.2, 0.25) is 24.2 Å². The maximum atomic E-state index is 5.75. The molecule has 24 heavy (non-hydrogen) atoms. The largest absolute Gasteiger partial charge is 0.398 e. The molecule has 0 aromatic rings. The number of unbranched alkanes of at least 4 members (excludes halogenated alkanes) is 5. The van der Waals surface area contributed by atoms with E-state index in [0.717, 1.165) is 37.0 Å². The van der Waals surface area contributed by atoms with Crippen LogP contribution in [-0.4, -0.2) is 45.6 Å². The van der Waals surface area contributed by atoms with E-state index in [4.69, 9.17) is 17.7 Å². The Hall–Kier alpha value is 0.274. The molecule has 0 aliphatic carbocycles. The predicted molar refractivity (Wildman–Crippen MR) is 107 cm³/mol. The van der Waals surface area contributed by atoms with Crippen LogP contribution in [-0.2, 0) is 17.7 Å². The van der Waals surface area contributed by atoms with Crippen LogP contribution in [0.5, 0.6) is 0 Å². The Morgan fingerprint density at radius 3 is 1.00 bits per heavy atom. The van der Waals surface area contributed by atoms with Gasteiger partial charge in [0.1, 0.15) is 0 Å². The van der Waals surface area contributed by atoms with Crippen LogP contribution in [0.15, 0.2) is 0 Å². The molecule has 0 aromatic heterocycles. The third kappa shape index (κ3) is 9.10. The maximum absolute atomic E-state index is 5.75. The van der Waals surface area contributed by atoms with E-state index in [0.29, 0.717) is 0 Å². The Morgan fingerprint density at radius 1 is 0.458 bits per heavy atom. The van der Waals surface area contributed by atoms with Gasteiger partial charge >= 0.3 is 17.1 Å². The summed E-state index contributed by atoms with van der Waals surface area (Å²) in [5.41, 5.74) is 0. The molecule has 0 aliphatic rings. The summed E-state index contributed by atoms with van der Waals surface area (Å²) in [5, 5.41) is 0. The van der Waals surface area contributed by atoms with Crippen LogP contribution in [0.1, 0.15) is 65.2 Å².